The van der Waals surface area contributed by atoms with E-state index in [0.717, 1.165) is 32.2 Å². The van der Waals surface area contributed by atoms with Gasteiger partial charge in [0.25, 0.3) is 0 Å². The summed E-state index contributed by atoms with van der Waals surface area (Å²) in [4.78, 5) is 15.9. The Morgan fingerprint density at radius 3 is 2.52 bits per heavy atom. The molecule has 0 aliphatic carbocycles. The molecule has 2 bridgehead atoms. The molecule has 0 saturated carbocycles. The minimum absolute atomic E-state index is 0.127. The molecule has 1 aromatic heterocycles. The van der Waals surface area contributed by atoms with Gasteiger partial charge in [0, 0.05) is 29.5 Å². The molecule has 23 heavy (non-hydrogen) atoms. The van der Waals surface area contributed by atoms with E-state index in [-0.39, 0.29) is 6.09 Å². The average Bonchev–Trinajstić information content (AvgIpc) is 2.96. The van der Waals surface area contributed by atoms with Gasteiger partial charge in [-0.15, -0.1) is 11.3 Å². The number of fused-ring (bicyclic) bond motifs is 2. The van der Waals surface area contributed by atoms with Crippen LogP contribution in [0, 0.1) is 6.92 Å². The highest BCUT2D eigenvalue weighted by Crippen LogP contribution is 2.37. The number of carbonyl (C=O) groups excluding carboxylic acids is 1. The Morgan fingerprint density at radius 1 is 1.35 bits per heavy atom. The van der Waals surface area contributed by atoms with Crippen molar-refractivity contribution in [2.24, 2.45) is 0 Å². The molecule has 3 heterocycles. The Bertz CT molecular complexity index is 550. The van der Waals surface area contributed by atoms with Crippen molar-refractivity contribution in [3.05, 3.63) is 21.9 Å². The van der Waals surface area contributed by atoms with Crippen LogP contribution in [-0.2, 0) is 11.3 Å². The van der Waals surface area contributed by atoms with Crippen LogP contribution in [0.2, 0.25) is 0 Å². The van der Waals surface area contributed by atoms with Crippen LogP contribution in [0.1, 0.15) is 56.9 Å². The van der Waals surface area contributed by atoms with Crippen LogP contribution < -0.4 is 5.32 Å². The van der Waals surface area contributed by atoms with Gasteiger partial charge in [0.15, 0.2) is 0 Å². The molecule has 0 spiro atoms. The molecule has 3 rings (SSSR count). The molecular weight excluding hydrogens is 308 g/mol. The summed E-state index contributed by atoms with van der Waals surface area (Å²) in [6, 6.07) is 3.36. The maximum atomic E-state index is 12.5. The van der Waals surface area contributed by atoms with E-state index in [9.17, 15) is 4.79 Å². The lowest BCUT2D eigenvalue weighted by Crippen LogP contribution is -2.52. The lowest BCUT2D eigenvalue weighted by atomic mass is 9.97. The van der Waals surface area contributed by atoms with Crippen molar-refractivity contribution in [1.29, 1.82) is 0 Å². The summed E-state index contributed by atoms with van der Waals surface area (Å²) in [5.41, 5.74) is 0.958. The number of nitrogens with zero attached hydrogens (tertiary/aromatic N) is 1. The van der Waals surface area contributed by atoms with Crippen molar-refractivity contribution in [2.75, 3.05) is 0 Å². The minimum Gasteiger partial charge on any atom is -0.444 e. The van der Waals surface area contributed by atoms with E-state index in [2.05, 4.69) is 23.7 Å². The zero-order valence-corrected chi connectivity index (χ0v) is 15.4. The average molecular weight is 337 g/mol. The number of ether oxygens (including phenoxy) is 1. The van der Waals surface area contributed by atoms with E-state index >= 15 is 0 Å². The largest absolute Gasteiger partial charge is 0.444 e. The number of hydrogen-bond donors (Lipinski definition) is 1. The number of piperidine rings is 1. The summed E-state index contributed by atoms with van der Waals surface area (Å²) < 4.78 is 5.60. The fourth-order valence-corrected chi connectivity index (χ4v) is 4.64. The third-order valence-electron chi connectivity index (χ3n) is 4.86. The molecule has 1 aromatic rings. The number of aryl methyl sites for hydroxylation is 1. The van der Waals surface area contributed by atoms with Crippen LogP contribution in [0.15, 0.2) is 11.4 Å². The van der Waals surface area contributed by atoms with Crippen molar-refractivity contribution in [3.8, 4) is 0 Å². The fraction of sp³-hybridized carbons (Fsp3) is 0.722. The Kier molecular flexibility index (Phi) is 4.70. The summed E-state index contributed by atoms with van der Waals surface area (Å²) in [7, 11) is 0. The summed E-state index contributed by atoms with van der Waals surface area (Å²) in [6.45, 7) is 8.92. The SMILES string of the molecule is Cc1ccsc1CNC1CC2CCC(C1)N2C(=O)OC(C)(C)C. The Hall–Kier alpha value is -1.07. The number of hydrogen-bond acceptors (Lipinski definition) is 4. The van der Waals surface area contributed by atoms with Gasteiger partial charge in [0.2, 0.25) is 0 Å². The van der Waals surface area contributed by atoms with Gasteiger partial charge in [0.1, 0.15) is 5.60 Å². The summed E-state index contributed by atoms with van der Waals surface area (Å²) >= 11 is 1.82. The Balaban J connectivity index is 1.56. The minimum atomic E-state index is -0.414. The first-order chi connectivity index (χ1) is 10.8. The van der Waals surface area contributed by atoms with Crippen LogP contribution in [0.3, 0.4) is 0 Å². The third-order valence-corrected chi connectivity index (χ3v) is 5.88. The Morgan fingerprint density at radius 2 is 2.00 bits per heavy atom. The smallest absolute Gasteiger partial charge is 0.410 e. The molecule has 0 radical (unpaired) electrons. The second-order valence-electron chi connectivity index (χ2n) is 7.85. The lowest BCUT2D eigenvalue weighted by molar-refractivity contribution is 0.00467. The molecule has 1 amide bonds. The van der Waals surface area contributed by atoms with E-state index < -0.39 is 5.60 Å². The summed E-state index contributed by atoms with van der Waals surface area (Å²) in [5.74, 6) is 0. The van der Waals surface area contributed by atoms with E-state index in [1.54, 1.807) is 0 Å². The summed E-state index contributed by atoms with van der Waals surface area (Å²) in [5, 5.41) is 5.86. The number of carbonyl (C=O) groups is 1. The van der Waals surface area contributed by atoms with Crippen molar-refractivity contribution < 1.29 is 9.53 Å². The zero-order valence-electron chi connectivity index (χ0n) is 14.6. The van der Waals surface area contributed by atoms with Crippen LogP contribution >= 0.6 is 11.3 Å². The molecule has 2 saturated heterocycles. The van der Waals surface area contributed by atoms with Gasteiger partial charge >= 0.3 is 6.09 Å². The van der Waals surface area contributed by atoms with Crippen molar-refractivity contribution in [3.63, 3.8) is 0 Å². The maximum Gasteiger partial charge on any atom is 0.410 e. The van der Waals surface area contributed by atoms with E-state index in [4.69, 9.17) is 4.74 Å². The summed E-state index contributed by atoms with van der Waals surface area (Å²) in [6.07, 6.45) is 4.18. The molecule has 2 aliphatic heterocycles. The second kappa shape index (κ2) is 6.44. The van der Waals surface area contributed by atoms with E-state index in [1.807, 2.05) is 37.0 Å². The third kappa shape index (κ3) is 3.89. The quantitative estimate of drug-likeness (QED) is 0.904. The van der Waals surface area contributed by atoms with Crippen molar-refractivity contribution in [1.82, 2.24) is 10.2 Å². The lowest BCUT2D eigenvalue weighted by Gasteiger charge is -2.39. The molecule has 1 N–H and O–H groups in total. The first-order valence-electron chi connectivity index (χ1n) is 8.61. The van der Waals surface area contributed by atoms with Gasteiger partial charge in [-0.3, -0.25) is 0 Å². The van der Waals surface area contributed by atoms with Crippen molar-refractivity contribution in [2.45, 2.75) is 83.6 Å². The molecular formula is C18H28N2O2S. The van der Waals surface area contributed by atoms with Crippen LogP contribution in [0.5, 0.6) is 0 Å². The molecule has 2 fully saturated rings. The first kappa shape index (κ1) is 16.8. The molecule has 2 aliphatic rings. The van der Waals surface area contributed by atoms with Gasteiger partial charge in [-0.25, -0.2) is 4.79 Å². The van der Waals surface area contributed by atoms with Crippen molar-refractivity contribution >= 4 is 17.4 Å². The highest BCUT2D eigenvalue weighted by molar-refractivity contribution is 7.10. The predicted octanol–water partition coefficient (Wildman–Crippen LogP) is 4.08. The van der Waals surface area contributed by atoms with Crippen LogP contribution in [0.4, 0.5) is 4.79 Å². The highest BCUT2D eigenvalue weighted by Gasteiger charge is 2.44. The molecule has 0 aromatic carbocycles. The maximum absolute atomic E-state index is 12.5. The normalized spacial score (nSPS) is 27.3. The standard InChI is InChI=1S/C18H28N2O2S/c1-12-7-8-23-16(12)11-19-13-9-14-5-6-15(10-13)20(14)17(21)22-18(2,3)4/h7-8,13-15,19H,5-6,9-11H2,1-4H3. The van der Waals surface area contributed by atoms with Gasteiger partial charge in [-0.05, 0) is 70.4 Å². The predicted molar refractivity (Wildman–Crippen MR) is 93.8 cm³/mol. The number of amides is 1. The monoisotopic (exact) mass is 336 g/mol. The van der Waals surface area contributed by atoms with Gasteiger partial charge in [-0.1, -0.05) is 0 Å². The van der Waals surface area contributed by atoms with E-state index in [1.165, 1.54) is 10.4 Å². The number of thiophene rings is 1. The number of rotatable bonds is 3. The molecule has 2 unspecified atom stereocenters. The fourth-order valence-electron chi connectivity index (χ4n) is 3.78. The van der Waals surface area contributed by atoms with Crippen LogP contribution in [-0.4, -0.2) is 34.7 Å². The highest BCUT2D eigenvalue weighted by atomic mass is 32.1. The Labute approximate surface area is 143 Å². The first-order valence-corrected chi connectivity index (χ1v) is 9.49. The molecule has 2 atom stereocenters. The van der Waals surface area contributed by atoms with E-state index in [0.29, 0.717) is 18.1 Å². The van der Waals surface area contributed by atoms with Crippen LogP contribution in [0.25, 0.3) is 0 Å². The van der Waals surface area contributed by atoms with Gasteiger partial charge in [-0.2, -0.15) is 0 Å². The second-order valence-corrected chi connectivity index (χ2v) is 8.85. The zero-order chi connectivity index (χ0) is 16.6. The number of nitrogens with one attached hydrogen (secondary N) is 1. The van der Waals surface area contributed by atoms with Gasteiger partial charge in [0.05, 0.1) is 0 Å². The molecule has 5 heteroatoms. The molecule has 4 nitrogen and oxygen atoms in total. The topological polar surface area (TPSA) is 41.6 Å². The van der Waals surface area contributed by atoms with Gasteiger partial charge < -0.3 is 15.0 Å². The molecule has 128 valence electrons.